The fourth-order valence-corrected chi connectivity index (χ4v) is 4.29. The van der Waals surface area contributed by atoms with E-state index < -0.39 is 0 Å². The second-order valence-electron chi connectivity index (χ2n) is 6.67. The Kier molecular flexibility index (Phi) is 4.99. The summed E-state index contributed by atoms with van der Waals surface area (Å²) in [5.41, 5.74) is 5.36. The lowest BCUT2D eigenvalue weighted by Gasteiger charge is -2.25. The molecule has 1 N–H and O–H groups in total. The summed E-state index contributed by atoms with van der Waals surface area (Å²) in [5, 5.41) is 2.92. The molecule has 132 valence electrons. The number of anilines is 1. The molecule has 2 aliphatic rings. The van der Waals surface area contributed by atoms with Crippen LogP contribution in [-0.4, -0.2) is 35.5 Å². The van der Waals surface area contributed by atoms with Crippen LogP contribution in [0.1, 0.15) is 35.4 Å². The Morgan fingerprint density at radius 1 is 1.24 bits per heavy atom. The number of hydrogen-bond acceptors (Lipinski definition) is 5. The van der Waals surface area contributed by atoms with E-state index in [0.717, 1.165) is 56.8 Å². The number of aryl methyl sites for hydroxylation is 1. The van der Waals surface area contributed by atoms with Crippen molar-refractivity contribution in [3.63, 3.8) is 0 Å². The van der Waals surface area contributed by atoms with Crippen LogP contribution < -0.4 is 10.1 Å². The minimum atomic E-state index is 0.0929. The average Bonchev–Trinajstić information content (AvgIpc) is 3.09. The highest BCUT2D eigenvalue weighted by Gasteiger charge is 2.18. The van der Waals surface area contributed by atoms with Crippen LogP contribution in [0.4, 0.5) is 5.69 Å². The van der Waals surface area contributed by atoms with Gasteiger partial charge in [-0.1, -0.05) is 6.07 Å². The largest absolute Gasteiger partial charge is 0.494 e. The van der Waals surface area contributed by atoms with Crippen molar-refractivity contribution in [2.75, 3.05) is 25.0 Å². The summed E-state index contributed by atoms with van der Waals surface area (Å²) in [7, 11) is 0. The van der Waals surface area contributed by atoms with Crippen LogP contribution in [0, 0.1) is 0 Å². The Labute approximate surface area is 152 Å². The fourth-order valence-electron chi connectivity index (χ4n) is 3.43. The third-order valence-corrected chi connectivity index (χ3v) is 5.73. The Hall–Kier alpha value is -1.92. The summed E-state index contributed by atoms with van der Waals surface area (Å²) in [5.74, 6) is 0.934. The fraction of sp³-hybridized carbons (Fsp3) is 0.474. The van der Waals surface area contributed by atoms with E-state index >= 15 is 0 Å². The third-order valence-electron chi connectivity index (χ3n) is 4.87. The molecule has 1 aromatic heterocycles. The van der Waals surface area contributed by atoms with Crippen molar-refractivity contribution in [2.24, 2.45) is 0 Å². The monoisotopic (exact) mass is 357 g/mol. The number of nitrogens with one attached hydrogen (secondary N) is 1. The summed E-state index contributed by atoms with van der Waals surface area (Å²) in [6.45, 7) is 3.99. The molecule has 2 aliphatic heterocycles. The number of carbonyl (C=O) groups excluding carboxylic acids is 1. The van der Waals surface area contributed by atoms with E-state index in [0.29, 0.717) is 13.0 Å². The number of fused-ring (bicyclic) bond motifs is 2. The van der Waals surface area contributed by atoms with Crippen LogP contribution >= 0.6 is 11.3 Å². The molecule has 5 nitrogen and oxygen atoms in total. The van der Waals surface area contributed by atoms with Crippen LogP contribution in [0.5, 0.6) is 5.75 Å². The van der Waals surface area contributed by atoms with Crippen LogP contribution in [0.25, 0.3) is 0 Å². The molecule has 25 heavy (non-hydrogen) atoms. The van der Waals surface area contributed by atoms with Crippen molar-refractivity contribution >= 4 is 22.9 Å². The van der Waals surface area contributed by atoms with Gasteiger partial charge in [0.05, 0.1) is 17.8 Å². The molecule has 2 aromatic rings. The van der Waals surface area contributed by atoms with E-state index in [9.17, 15) is 4.79 Å². The molecule has 0 radical (unpaired) electrons. The summed E-state index contributed by atoms with van der Waals surface area (Å²) in [4.78, 5) is 19.8. The van der Waals surface area contributed by atoms with Gasteiger partial charge in [0.25, 0.3) is 0 Å². The Balaban J connectivity index is 1.19. The van der Waals surface area contributed by atoms with Crippen molar-refractivity contribution in [3.8, 4) is 5.75 Å². The van der Waals surface area contributed by atoms with E-state index in [-0.39, 0.29) is 5.91 Å². The maximum absolute atomic E-state index is 11.5. The second-order valence-corrected chi connectivity index (χ2v) is 7.61. The molecule has 0 atom stereocenters. The van der Waals surface area contributed by atoms with Gasteiger partial charge in [-0.15, -0.1) is 11.3 Å². The zero-order chi connectivity index (χ0) is 17.1. The Morgan fingerprint density at radius 2 is 2.20 bits per heavy atom. The van der Waals surface area contributed by atoms with Gasteiger partial charge in [0.2, 0.25) is 5.91 Å². The van der Waals surface area contributed by atoms with Gasteiger partial charge in [-0.3, -0.25) is 9.69 Å². The molecule has 1 aromatic carbocycles. The van der Waals surface area contributed by atoms with Gasteiger partial charge in [-0.25, -0.2) is 4.98 Å². The number of ether oxygens (including phenoxy) is 1. The number of nitrogens with zero attached hydrogens (tertiary/aromatic N) is 2. The highest BCUT2D eigenvalue weighted by Crippen LogP contribution is 2.27. The molecular formula is C19H23N3O2S. The lowest BCUT2D eigenvalue weighted by molar-refractivity contribution is -0.116. The highest BCUT2D eigenvalue weighted by atomic mass is 32.1. The van der Waals surface area contributed by atoms with Crippen LogP contribution in [0.15, 0.2) is 23.7 Å². The van der Waals surface area contributed by atoms with E-state index in [1.807, 2.05) is 17.6 Å². The number of aromatic nitrogens is 1. The number of unbranched alkanes of at least 4 members (excludes halogenated alkanes) is 1. The number of amides is 1. The highest BCUT2D eigenvalue weighted by molar-refractivity contribution is 7.09. The van der Waals surface area contributed by atoms with Gasteiger partial charge >= 0.3 is 0 Å². The van der Waals surface area contributed by atoms with Gasteiger partial charge in [-0.2, -0.15) is 0 Å². The van der Waals surface area contributed by atoms with Crippen LogP contribution in [0.2, 0.25) is 0 Å². The molecule has 0 bridgehead atoms. The van der Waals surface area contributed by atoms with Crippen molar-refractivity contribution in [1.29, 1.82) is 0 Å². The normalized spacial score (nSPS) is 16.9. The molecule has 0 saturated carbocycles. The van der Waals surface area contributed by atoms with E-state index in [1.54, 1.807) is 11.3 Å². The molecule has 3 heterocycles. The van der Waals surface area contributed by atoms with Crippen LogP contribution in [0.3, 0.4) is 0 Å². The number of carbonyl (C=O) groups is 1. The number of thiazole rings is 1. The van der Waals surface area contributed by atoms with E-state index in [4.69, 9.17) is 4.74 Å². The Bertz CT molecular complexity index is 759. The Morgan fingerprint density at radius 3 is 3.16 bits per heavy atom. The van der Waals surface area contributed by atoms with Crippen LogP contribution in [-0.2, 0) is 24.2 Å². The topological polar surface area (TPSA) is 54.5 Å². The van der Waals surface area contributed by atoms with Gasteiger partial charge in [0.1, 0.15) is 5.75 Å². The quantitative estimate of drug-likeness (QED) is 0.807. The van der Waals surface area contributed by atoms with Crippen molar-refractivity contribution in [2.45, 2.75) is 38.6 Å². The summed E-state index contributed by atoms with van der Waals surface area (Å²) in [6, 6.07) is 6.01. The zero-order valence-electron chi connectivity index (χ0n) is 14.3. The lowest BCUT2D eigenvalue weighted by atomic mass is 10.0. The molecule has 4 rings (SSSR count). The van der Waals surface area contributed by atoms with Gasteiger partial charge in [0.15, 0.2) is 0 Å². The maximum atomic E-state index is 11.5. The van der Waals surface area contributed by atoms with E-state index in [2.05, 4.69) is 21.3 Å². The minimum Gasteiger partial charge on any atom is -0.494 e. The minimum absolute atomic E-state index is 0.0929. The predicted molar refractivity (Wildman–Crippen MR) is 99.2 cm³/mol. The molecule has 0 fully saturated rings. The number of rotatable bonds is 6. The van der Waals surface area contributed by atoms with Gasteiger partial charge < -0.3 is 10.1 Å². The zero-order valence-corrected chi connectivity index (χ0v) is 15.1. The second kappa shape index (κ2) is 7.54. The molecular weight excluding hydrogens is 334 g/mol. The first kappa shape index (κ1) is 16.5. The van der Waals surface area contributed by atoms with Crippen molar-refractivity contribution < 1.29 is 9.53 Å². The lowest BCUT2D eigenvalue weighted by Crippen LogP contribution is -2.30. The summed E-state index contributed by atoms with van der Waals surface area (Å²) < 4.78 is 5.86. The first-order valence-electron chi connectivity index (χ1n) is 8.97. The first-order valence-corrected chi connectivity index (χ1v) is 9.85. The third kappa shape index (κ3) is 4.02. The smallest absolute Gasteiger partial charge is 0.224 e. The predicted octanol–water partition coefficient (Wildman–Crippen LogP) is 3.25. The summed E-state index contributed by atoms with van der Waals surface area (Å²) in [6.07, 6.45) is 4.65. The maximum Gasteiger partial charge on any atom is 0.224 e. The number of hydrogen-bond donors (Lipinski definition) is 1. The molecule has 0 aliphatic carbocycles. The van der Waals surface area contributed by atoms with Crippen molar-refractivity contribution in [1.82, 2.24) is 9.88 Å². The molecule has 0 spiro atoms. The van der Waals surface area contributed by atoms with Crippen molar-refractivity contribution in [3.05, 3.63) is 39.8 Å². The van der Waals surface area contributed by atoms with Gasteiger partial charge in [-0.05, 0) is 37.4 Å². The molecule has 6 heteroatoms. The standard InChI is InChI=1S/C19H23N3O2S/c23-19-6-4-14-3-5-15(11-17(14)21-19)24-10-2-1-8-22-9-7-16-18(12-22)25-13-20-16/h3,5,11,13H,1-2,4,6-10,12H2,(H,21,23). The van der Waals surface area contributed by atoms with Gasteiger partial charge in [0, 0.05) is 42.6 Å². The summed E-state index contributed by atoms with van der Waals surface area (Å²) >= 11 is 1.77. The van der Waals surface area contributed by atoms with E-state index in [1.165, 1.54) is 16.1 Å². The number of benzene rings is 1. The SMILES string of the molecule is O=C1CCc2ccc(OCCCCN3CCc4ncsc4C3)cc2N1. The molecule has 0 saturated heterocycles. The first-order chi connectivity index (χ1) is 12.3. The molecule has 0 unspecified atom stereocenters. The molecule has 1 amide bonds. The average molecular weight is 357 g/mol.